The number of morpholine rings is 1. The molecule has 0 bridgehead atoms. The Morgan fingerprint density at radius 2 is 1.71 bits per heavy atom. The fraction of sp³-hybridized carbons (Fsp3) is 0.389. The second-order valence-corrected chi connectivity index (χ2v) is 11.2. The second kappa shape index (κ2) is 15.6. The summed E-state index contributed by atoms with van der Waals surface area (Å²) in [5.74, 6) is -0.00419. The third kappa shape index (κ3) is 7.85. The highest BCUT2D eigenvalue weighted by molar-refractivity contribution is 6.46. The number of Topliss-reactive ketones (excluding diaryl/α,β-unsaturated/α-hetero) is 1. The van der Waals surface area contributed by atoms with Crippen molar-refractivity contribution in [2.24, 2.45) is 0 Å². The Hall–Kier alpha value is -4.34. The van der Waals surface area contributed by atoms with Crippen molar-refractivity contribution in [3.05, 3.63) is 95.1 Å². The number of ketones is 1. The summed E-state index contributed by atoms with van der Waals surface area (Å²) in [5.41, 5.74) is 2.10. The van der Waals surface area contributed by atoms with Crippen LogP contribution in [0.15, 0.2) is 78.4 Å². The van der Waals surface area contributed by atoms with E-state index in [2.05, 4.69) is 11.8 Å². The van der Waals surface area contributed by atoms with Gasteiger partial charge in [0.05, 0.1) is 38.5 Å². The van der Waals surface area contributed by atoms with Crippen LogP contribution in [0.2, 0.25) is 0 Å². The molecular formula is C36H42N2O7. The van der Waals surface area contributed by atoms with E-state index in [0.29, 0.717) is 67.8 Å². The molecule has 3 aromatic rings. The number of aliphatic hydroxyl groups excluding tert-OH is 1. The Bertz CT molecular complexity index is 1480. The minimum Gasteiger partial charge on any atom is -0.507 e. The molecule has 2 aliphatic heterocycles. The number of benzene rings is 3. The molecule has 2 aliphatic rings. The lowest BCUT2D eigenvalue weighted by Crippen LogP contribution is -2.39. The van der Waals surface area contributed by atoms with E-state index in [4.69, 9.17) is 18.9 Å². The number of nitrogens with zero attached hydrogens (tertiary/aromatic N) is 2. The SMILES string of the molecule is CCCCOc1cccc(/C(O)=C2\C(=O)C(=O)N(CCCN3CCOCC3)C2c2ccc(OCc3ccccc3)c(OC)c2)c1. The van der Waals surface area contributed by atoms with E-state index in [-0.39, 0.29) is 11.3 Å². The second-order valence-electron chi connectivity index (χ2n) is 11.2. The lowest BCUT2D eigenvalue weighted by Gasteiger charge is -2.29. The van der Waals surface area contributed by atoms with Gasteiger partial charge in [0.15, 0.2) is 11.5 Å². The highest BCUT2D eigenvalue weighted by Gasteiger charge is 2.46. The Morgan fingerprint density at radius 1 is 0.911 bits per heavy atom. The average molecular weight is 615 g/mol. The zero-order valence-electron chi connectivity index (χ0n) is 26.1. The molecule has 1 N–H and O–H groups in total. The first-order valence-electron chi connectivity index (χ1n) is 15.7. The molecule has 9 nitrogen and oxygen atoms in total. The molecule has 2 heterocycles. The molecular weight excluding hydrogens is 572 g/mol. The van der Waals surface area contributed by atoms with E-state index in [1.807, 2.05) is 42.5 Å². The van der Waals surface area contributed by atoms with Gasteiger partial charge in [-0.3, -0.25) is 14.5 Å². The fourth-order valence-corrected chi connectivity index (χ4v) is 5.68. The van der Waals surface area contributed by atoms with Gasteiger partial charge in [-0.25, -0.2) is 0 Å². The monoisotopic (exact) mass is 614 g/mol. The fourth-order valence-electron chi connectivity index (χ4n) is 5.68. The number of unbranched alkanes of at least 4 members (excludes halogenated alkanes) is 1. The van der Waals surface area contributed by atoms with Crippen molar-refractivity contribution in [3.8, 4) is 17.2 Å². The van der Waals surface area contributed by atoms with Crippen molar-refractivity contribution < 1.29 is 33.6 Å². The summed E-state index contributed by atoms with van der Waals surface area (Å²) >= 11 is 0. The van der Waals surface area contributed by atoms with Gasteiger partial charge >= 0.3 is 0 Å². The van der Waals surface area contributed by atoms with Gasteiger partial charge in [0, 0.05) is 31.7 Å². The maximum atomic E-state index is 13.6. The molecule has 45 heavy (non-hydrogen) atoms. The molecule has 0 aromatic heterocycles. The number of aliphatic hydroxyl groups is 1. The molecule has 0 saturated carbocycles. The molecule has 5 rings (SSSR count). The van der Waals surface area contributed by atoms with Gasteiger partial charge in [0.1, 0.15) is 18.1 Å². The molecule has 1 unspecified atom stereocenters. The van der Waals surface area contributed by atoms with E-state index in [0.717, 1.165) is 38.0 Å². The lowest BCUT2D eigenvalue weighted by molar-refractivity contribution is -0.140. The van der Waals surface area contributed by atoms with Crippen molar-refractivity contribution in [3.63, 3.8) is 0 Å². The van der Waals surface area contributed by atoms with Crippen LogP contribution in [0.4, 0.5) is 0 Å². The standard InChI is InChI=1S/C36H42N2O7/c1-3-4-20-44-29-13-8-12-28(23-29)34(39)32-33(38(36(41)35(32)40)17-9-16-37-18-21-43-22-19-37)27-14-15-30(31(24-27)42-2)45-25-26-10-6-5-7-11-26/h5-8,10-15,23-24,33,39H,3-4,9,16-22,25H2,1-2H3/b34-32+. The van der Waals surface area contributed by atoms with Gasteiger partial charge in [0.25, 0.3) is 11.7 Å². The molecule has 3 aromatic carbocycles. The van der Waals surface area contributed by atoms with Gasteiger partial charge in [-0.1, -0.05) is 61.9 Å². The molecule has 1 atom stereocenters. The van der Waals surface area contributed by atoms with Crippen molar-refractivity contribution in [2.45, 2.75) is 38.8 Å². The maximum absolute atomic E-state index is 13.6. The largest absolute Gasteiger partial charge is 0.507 e. The highest BCUT2D eigenvalue weighted by Crippen LogP contribution is 2.42. The Labute approximate surface area is 265 Å². The zero-order valence-corrected chi connectivity index (χ0v) is 26.1. The van der Waals surface area contributed by atoms with E-state index in [9.17, 15) is 14.7 Å². The van der Waals surface area contributed by atoms with Crippen LogP contribution in [0.25, 0.3) is 5.76 Å². The van der Waals surface area contributed by atoms with Crippen molar-refractivity contribution in [1.82, 2.24) is 9.80 Å². The number of carbonyl (C=O) groups is 2. The van der Waals surface area contributed by atoms with Crippen LogP contribution in [0.5, 0.6) is 17.2 Å². The molecule has 0 spiro atoms. The summed E-state index contributed by atoms with van der Waals surface area (Å²) in [5, 5.41) is 11.6. The minimum absolute atomic E-state index is 0.0390. The first kappa shape index (κ1) is 32.1. The minimum atomic E-state index is -0.809. The number of likely N-dealkylation sites (tertiary alicyclic amines) is 1. The van der Waals surface area contributed by atoms with Crippen LogP contribution in [0, 0.1) is 0 Å². The smallest absolute Gasteiger partial charge is 0.295 e. The number of amides is 1. The van der Waals surface area contributed by atoms with Gasteiger partial charge in [-0.2, -0.15) is 0 Å². The van der Waals surface area contributed by atoms with Crippen LogP contribution >= 0.6 is 0 Å². The number of hydrogen-bond acceptors (Lipinski definition) is 8. The zero-order chi connectivity index (χ0) is 31.6. The van der Waals surface area contributed by atoms with Crippen molar-refractivity contribution >= 4 is 17.4 Å². The van der Waals surface area contributed by atoms with E-state index >= 15 is 0 Å². The molecule has 0 aliphatic carbocycles. The van der Waals surface area contributed by atoms with Crippen molar-refractivity contribution in [1.29, 1.82) is 0 Å². The molecule has 2 fully saturated rings. The van der Waals surface area contributed by atoms with Gasteiger partial charge in [-0.05, 0) is 48.2 Å². The molecule has 2 saturated heterocycles. The molecule has 238 valence electrons. The molecule has 1 amide bonds. The third-order valence-corrected chi connectivity index (χ3v) is 8.13. The Balaban J connectivity index is 1.47. The van der Waals surface area contributed by atoms with Crippen LogP contribution in [0.3, 0.4) is 0 Å². The Morgan fingerprint density at radius 3 is 2.47 bits per heavy atom. The predicted octanol–water partition coefficient (Wildman–Crippen LogP) is 5.60. The summed E-state index contributed by atoms with van der Waals surface area (Å²) < 4.78 is 23.1. The number of hydrogen-bond donors (Lipinski definition) is 1. The van der Waals surface area contributed by atoms with Gasteiger partial charge < -0.3 is 29.0 Å². The topological polar surface area (TPSA) is 97.8 Å². The summed E-state index contributed by atoms with van der Waals surface area (Å²) in [6.45, 7) is 7.14. The molecule has 0 radical (unpaired) electrons. The van der Waals surface area contributed by atoms with E-state index in [1.165, 1.54) is 0 Å². The van der Waals surface area contributed by atoms with Crippen LogP contribution in [0.1, 0.15) is 48.9 Å². The van der Waals surface area contributed by atoms with Gasteiger partial charge in [0.2, 0.25) is 0 Å². The summed E-state index contributed by atoms with van der Waals surface area (Å²) in [4.78, 5) is 31.0. The average Bonchev–Trinajstić information content (AvgIpc) is 3.33. The summed E-state index contributed by atoms with van der Waals surface area (Å²) in [6, 6.07) is 21.4. The Kier molecular flexibility index (Phi) is 11.1. The number of methoxy groups -OCH3 is 1. The van der Waals surface area contributed by atoms with Crippen LogP contribution in [-0.2, 0) is 20.9 Å². The van der Waals surface area contributed by atoms with E-state index < -0.39 is 17.7 Å². The first-order chi connectivity index (χ1) is 22.0. The van der Waals surface area contributed by atoms with Crippen LogP contribution < -0.4 is 14.2 Å². The van der Waals surface area contributed by atoms with Crippen LogP contribution in [-0.4, -0.2) is 79.7 Å². The molecule has 9 heteroatoms. The summed E-state index contributed by atoms with van der Waals surface area (Å²) in [6.07, 6.45) is 2.56. The first-order valence-corrected chi connectivity index (χ1v) is 15.7. The number of rotatable bonds is 14. The van der Waals surface area contributed by atoms with E-state index in [1.54, 1.807) is 42.3 Å². The highest BCUT2D eigenvalue weighted by atomic mass is 16.5. The number of carbonyl (C=O) groups excluding carboxylic acids is 2. The number of ether oxygens (including phenoxy) is 4. The summed E-state index contributed by atoms with van der Waals surface area (Å²) in [7, 11) is 1.55. The third-order valence-electron chi connectivity index (χ3n) is 8.13. The van der Waals surface area contributed by atoms with Crippen molar-refractivity contribution in [2.75, 3.05) is 53.1 Å². The predicted molar refractivity (Wildman–Crippen MR) is 171 cm³/mol. The quantitative estimate of drug-likeness (QED) is 0.109. The maximum Gasteiger partial charge on any atom is 0.295 e. The normalized spacial score (nSPS) is 18.3. The lowest BCUT2D eigenvalue weighted by atomic mass is 9.95. The van der Waals surface area contributed by atoms with Gasteiger partial charge in [-0.15, -0.1) is 0 Å².